The molecule has 192 valence electrons. The number of likely N-dealkylation sites (tertiary alicyclic amines) is 1. The minimum Gasteiger partial charge on any atom is -0.374 e. The normalized spacial score (nSPS) is 15.0. The van der Waals surface area contributed by atoms with Crippen LogP contribution in [0.1, 0.15) is 63.7 Å². The number of aromatic nitrogens is 3. The predicted octanol–water partition coefficient (Wildman–Crippen LogP) is 2.52. The molecule has 3 N–H and O–H groups in total. The summed E-state index contributed by atoms with van der Waals surface area (Å²) in [4.78, 5) is 38.9. The Bertz CT molecular complexity index is 1200. The Kier molecular flexibility index (Phi) is 8.54. The number of piperidine rings is 1. The second-order valence-corrected chi connectivity index (χ2v) is 9.24. The van der Waals surface area contributed by atoms with Crippen LogP contribution >= 0.6 is 0 Å². The third kappa shape index (κ3) is 6.13. The summed E-state index contributed by atoms with van der Waals surface area (Å²) in [6, 6.07) is 14.4. The number of nitrogens with zero attached hydrogens (tertiary/aromatic N) is 4. The van der Waals surface area contributed by atoms with Gasteiger partial charge >= 0.3 is 0 Å². The van der Waals surface area contributed by atoms with Crippen LogP contribution in [0.5, 0.6) is 0 Å². The number of nitrogens with two attached hydrogens (primary N) is 1. The zero-order chi connectivity index (χ0) is 25.0. The third-order valence-electron chi connectivity index (χ3n) is 5.84. The number of hydrogen-bond acceptors (Lipinski definition) is 7. The molecule has 1 aromatic carbocycles. The first-order valence-electron chi connectivity index (χ1n) is 11.6. The van der Waals surface area contributed by atoms with E-state index in [9.17, 15) is 14.4 Å². The summed E-state index contributed by atoms with van der Waals surface area (Å²) < 4.78 is 7.70. The van der Waals surface area contributed by atoms with E-state index in [4.69, 9.17) is 10.5 Å². The number of rotatable bonds is 9. The van der Waals surface area contributed by atoms with Crippen LogP contribution in [-0.2, 0) is 32.3 Å². The standard InChI is InChI=1S/C25H30N6O4.CH4/c1-25(2,26)24(34)27-19(16-35-15-17-8-4-3-5-9-17)23-29-28-20-11-6-10-18(31(20)23)14-30-21(32)12-7-13-22(30)33;/h3-6,8-11,19H,7,12-16,26H2,1-2H3,(H,27,34);1H4/t19-;/m1./s1. The van der Waals surface area contributed by atoms with Crippen LogP contribution in [0.3, 0.4) is 0 Å². The van der Waals surface area contributed by atoms with Gasteiger partial charge < -0.3 is 15.8 Å². The number of carbonyl (C=O) groups excluding carboxylic acids is 3. The number of ether oxygens (including phenoxy) is 1. The third-order valence-corrected chi connectivity index (χ3v) is 5.84. The highest BCUT2D eigenvalue weighted by Crippen LogP contribution is 2.21. The van der Waals surface area contributed by atoms with E-state index in [0.717, 1.165) is 5.56 Å². The number of benzene rings is 1. The van der Waals surface area contributed by atoms with Gasteiger partial charge in [-0.3, -0.25) is 23.7 Å². The molecule has 1 aliphatic rings. The van der Waals surface area contributed by atoms with E-state index < -0.39 is 11.6 Å². The number of carbonyl (C=O) groups is 3. The van der Waals surface area contributed by atoms with E-state index in [2.05, 4.69) is 15.5 Å². The van der Waals surface area contributed by atoms with Crippen molar-refractivity contribution < 1.29 is 19.1 Å². The molecule has 0 spiro atoms. The van der Waals surface area contributed by atoms with Crippen molar-refractivity contribution in [3.8, 4) is 0 Å². The van der Waals surface area contributed by atoms with Crippen LogP contribution in [0.25, 0.3) is 5.65 Å². The largest absolute Gasteiger partial charge is 0.374 e. The lowest BCUT2D eigenvalue weighted by Gasteiger charge is -2.26. The van der Waals surface area contributed by atoms with Gasteiger partial charge in [-0.2, -0.15) is 0 Å². The SMILES string of the molecule is C.CC(C)(N)C(=O)N[C@H](COCc1ccccc1)c1nnc2cccc(CN3C(=O)CCCC3=O)n12. The lowest BCUT2D eigenvalue weighted by atomic mass is 10.1. The van der Waals surface area contributed by atoms with E-state index in [-0.39, 0.29) is 38.3 Å². The highest BCUT2D eigenvalue weighted by Gasteiger charge is 2.30. The van der Waals surface area contributed by atoms with Gasteiger partial charge in [-0.05, 0) is 38.0 Å². The Morgan fingerprint density at radius 2 is 1.78 bits per heavy atom. The van der Waals surface area contributed by atoms with Crippen LogP contribution in [0.2, 0.25) is 0 Å². The van der Waals surface area contributed by atoms with Gasteiger partial charge in [0.15, 0.2) is 11.5 Å². The van der Waals surface area contributed by atoms with Crippen molar-refractivity contribution in [2.24, 2.45) is 5.73 Å². The monoisotopic (exact) mass is 494 g/mol. The Morgan fingerprint density at radius 3 is 2.44 bits per heavy atom. The molecule has 1 atom stereocenters. The van der Waals surface area contributed by atoms with Crippen LogP contribution < -0.4 is 11.1 Å². The number of fused-ring (bicyclic) bond motifs is 1. The fourth-order valence-electron chi connectivity index (χ4n) is 3.91. The summed E-state index contributed by atoms with van der Waals surface area (Å²) in [5.41, 5.74) is 7.08. The van der Waals surface area contributed by atoms with E-state index in [1.54, 1.807) is 30.4 Å². The second kappa shape index (κ2) is 11.4. The summed E-state index contributed by atoms with van der Waals surface area (Å²) in [6.07, 6.45) is 1.25. The van der Waals surface area contributed by atoms with Crippen LogP contribution in [-0.4, -0.2) is 49.4 Å². The lowest BCUT2D eigenvalue weighted by Crippen LogP contribution is -2.51. The molecule has 4 rings (SSSR count). The van der Waals surface area contributed by atoms with E-state index in [1.165, 1.54) is 4.90 Å². The van der Waals surface area contributed by atoms with Gasteiger partial charge in [-0.1, -0.05) is 43.8 Å². The number of hydrogen-bond donors (Lipinski definition) is 2. The molecule has 36 heavy (non-hydrogen) atoms. The number of nitrogens with one attached hydrogen (secondary N) is 1. The topological polar surface area (TPSA) is 132 Å². The molecule has 1 saturated heterocycles. The van der Waals surface area contributed by atoms with Crippen molar-refractivity contribution in [2.75, 3.05) is 6.61 Å². The molecular weight excluding hydrogens is 460 g/mol. The Morgan fingerprint density at radius 1 is 1.08 bits per heavy atom. The van der Waals surface area contributed by atoms with Crippen LogP contribution in [0.15, 0.2) is 48.5 Å². The molecule has 1 fully saturated rings. The summed E-state index contributed by atoms with van der Waals surface area (Å²) in [7, 11) is 0. The highest BCUT2D eigenvalue weighted by molar-refractivity contribution is 5.97. The smallest absolute Gasteiger partial charge is 0.240 e. The van der Waals surface area contributed by atoms with Crippen LogP contribution in [0, 0.1) is 0 Å². The summed E-state index contributed by atoms with van der Waals surface area (Å²) in [5, 5.41) is 11.5. The molecular formula is C26H34N6O4. The molecule has 10 nitrogen and oxygen atoms in total. The van der Waals surface area contributed by atoms with Crippen molar-refractivity contribution in [2.45, 2.75) is 65.3 Å². The van der Waals surface area contributed by atoms with Crippen LogP contribution in [0.4, 0.5) is 0 Å². The van der Waals surface area contributed by atoms with Crippen molar-refractivity contribution in [3.63, 3.8) is 0 Å². The zero-order valence-corrected chi connectivity index (χ0v) is 19.9. The maximum absolute atomic E-state index is 12.8. The molecule has 2 aromatic heterocycles. The predicted molar refractivity (Wildman–Crippen MR) is 134 cm³/mol. The molecule has 0 saturated carbocycles. The van der Waals surface area contributed by atoms with Crippen molar-refractivity contribution in [1.82, 2.24) is 24.8 Å². The van der Waals surface area contributed by atoms with E-state index in [1.807, 2.05) is 36.4 Å². The molecule has 1 aliphatic heterocycles. The second-order valence-electron chi connectivity index (χ2n) is 9.24. The summed E-state index contributed by atoms with van der Waals surface area (Å²) >= 11 is 0. The average molecular weight is 495 g/mol. The number of amides is 3. The Hall–Kier alpha value is -3.63. The quantitative estimate of drug-likeness (QED) is 0.437. The molecule has 3 heterocycles. The maximum atomic E-state index is 12.8. The van der Waals surface area contributed by atoms with Gasteiger partial charge in [0.25, 0.3) is 0 Å². The van der Waals surface area contributed by atoms with Gasteiger partial charge in [0.2, 0.25) is 17.7 Å². The Balaban J connectivity index is 0.00000361. The first-order valence-corrected chi connectivity index (χ1v) is 11.6. The van der Waals surface area contributed by atoms with Gasteiger partial charge in [-0.25, -0.2) is 0 Å². The fraction of sp³-hybridized carbons (Fsp3) is 0.423. The molecule has 0 aliphatic carbocycles. The van der Waals surface area contributed by atoms with E-state index in [0.29, 0.717) is 43.0 Å². The lowest BCUT2D eigenvalue weighted by molar-refractivity contribution is -0.148. The minimum atomic E-state index is -1.12. The summed E-state index contributed by atoms with van der Waals surface area (Å²) in [5.74, 6) is -0.345. The molecule has 0 bridgehead atoms. The zero-order valence-electron chi connectivity index (χ0n) is 19.9. The Labute approximate surface area is 210 Å². The average Bonchev–Trinajstić information content (AvgIpc) is 3.26. The first kappa shape index (κ1) is 27.0. The van der Waals surface area contributed by atoms with E-state index >= 15 is 0 Å². The first-order chi connectivity index (χ1) is 16.7. The van der Waals surface area contributed by atoms with Gasteiger partial charge in [0.1, 0.15) is 6.04 Å². The fourth-order valence-corrected chi connectivity index (χ4v) is 3.91. The van der Waals surface area contributed by atoms with Gasteiger partial charge in [0, 0.05) is 18.5 Å². The minimum absolute atomic E-state index is 0. The highest BCUT2D eigenvalue weighted by atomic mass is 16.5. The molecule has 3 aromatic rings. The van der Waals surface area contributed by atoms with Crippen molar-refractivity contribution in [1.29, 1.82) is 0 Å². The molecule has 0 radical (unpaired) electrons. The number of pyridine rings is 1. The molecule has 3 amide bonds. The summed E-state index contributed by atoms with van der Waals surface area (Å²) in [6.45, 7) is 3.79. The molecule has 10 heteroatoms. The maximum Gasteiger partial charge on any atom is 0.240 e. The van der Waals surface area contributed by atoms with Crippen molar-refractivity contribution >= 4 is 23.4 Å². The number of imide groups is 1. The van der Waals surface area contributed by atoms with Gasteiger partial charge in [0.05, 0.1) is 25.3 Å². The molecule has 0 unspecified atom stereocenters. The van der Waals surface area contributed by atoms with Gasteiger partial charge in [-0.15, -0.1) is 10.2 Å². The van der Waals surface area contributed by atoms with Crippen molar-refractivity contribution in [3.05, 3.63) is 65.6 Å².